The van der Waals surface area contributed by atoms with Crippen molar-refractivity contribution in [2.75, 3.05) is 6.61 Å². The van der Waals surface area contributed by atoms with E-state index in [1.165, 1.54) is 11.6 Å². The van der Waals surface area contributed by atoms with Crippen LogP contribution >= 0.6 is 0 Å². The molecule has 0 atom stereocenters. The van der Waals surface area contributed by atoms with Crippen molar-refractivity contribution in [3.63, 3.8) is 0 Å². The molecule has 5 nitrogen and oxygen atoms in total. The summed E-state index contributed by atoms with van der Waals surface area (Å²) in [6.07, 6.45) is 2.96. The van der Waals surface area contributed by atoms with E-state index in [-0.39, 0.29) is 6.61 Å². The summed E-state index contributed by atoms with van der Waals surface area (Å²) in [7, 11) is 0. The fourth-order valence-corrected chi connectivity index (χ4v) is 2.93. The van der Waals surface area contributed by atoms with Crippen molar-refractivity contribution in [3.8, 4) is 0 Å². The van der Waals surface area contributed by atoms with Gasteiger partial charge in [-0.3, -0.25) is 0 Å². The Bertz CT molecular complexity index is 533. The number of carbonyl (C=O) groups is 2. The Morgan fingerprint density at radius 1 is 1.32 bits per heavy atom. The van der Waals surface area contributed by atoms with Gasteiger partial charge in [0.2, 0.25) is 0 Å². The Labute approximate surface area is 130 Å². The highest BCUT2D eigenvalue weighted by Crippen LogP contribution is 2.38. The lowest BCUT2D eigenvalue weighted by molar-refractivity contribution is -0.146. The molecule has 22 heavy (non-hydrogen) atoms. The summed E-state index contributed by atoms with van der Waals surface area (Å²) in [6.45, 7) is 3.52. The van der Waals surface area contributed by atoms with Crippen LogP contribution in [0, 0.1) is 0 Å². The highest BCUT2D eigenvalue weighted by Gasteiger charge is 2.43. The first-order chi connectivity index (χ1) is 10.6. The fourth-order valence-electron chi connectivity index (χ4n) is 2.93. The van der Waals surface area contributed by atoms with E-state index in [4.69, 9.17) is 4.74 Å². The molecule has 0 spiro atoms. The second-order valence-electron chi connectivity index (χ2n) is 5.58. The summed E-state index contributed by atoms with van der Waals surface area (Å²) in [4.78, 5) is 23.3. The van der Waals surface area contributed by atoms with Gasteiger partial charge in [0.25, 0.3) is 0 Å². The largest absolute Gasteiger partial charge is 0.480 e. The van der Waals surface area contributed by atoms with Crippen LogP contribution in [0.15, 0.2) is 43.0 Å². The van der Waals surface area contributed by atoms with E-state index >= 15 is 0 Å². The monoisotopic (exact) mass is 303 g/mol. The summed E-state index contributed by atoms with van der Waals surface area (Å²) in [5.41, 5.74) is -0.0143. The molecule has 0 saturated heterocycles. The molecule has 1 aliphatic carbocycles. The summed E-state index contributed by atoms with van der Waals surface area (Å²) in [6, 6.07) is 10.1. The lowest BCUT2D eigenvalue weighted by Gasteiger charge is -2.37. The van der Waals surface area contributed by atoms with Crippen LogP contribution in [0.3, 0.4) is 0 Å². The molecule has 1 fully saturated rings. The van der Waals surface area contributed by atoms with E-state index < -0.39 is 17.6 Å². The molecular weight excluding hydrogens is 282 g/mol. The van der Waals surface area contributed by atoms with E-state index in [0.717, 1.165) is 12.8 Å². The van der Waals surface area contributed by atoms with E-state index in [0.29, 0.717) is 18.8 Å². The molecule has 5 heteroatoms. The minimum absolute atomic E-state index is 0.0637. The zero-order chi connectivity index (χ0) is 16.0. The molecule has 1 aromatic rings. The van der Waals surface area contributed by atoms with Gasteiger partial charge >= 0.3 is 12.1 Å². The molecule has 1 amide bonds. The van der Waals surface area contributed by atoms with Crippen molar-refractivity contribution < 1.29 is 19.4 Å². The molecule has 0 unspecified atom stereocenters. The third kappa shape index (κ3) is 3.67. The number of hydrogen-bond acceptors (Lipinski definition) is 3. The van der Waals surface area contributed by atoms with Crippen LogP contribution in [-0.2, 0) is 9.53 Å². The van der Waals surface area contributed by atoms with Crippen LogP contribution < -0.4 is 5.32 Å². The van der Waals surface area contributed by atoms with Gasteiger partial charge in [0.1, 0.15) is 12.1 Å². The predicted molar refractivity (Wildman–Crippen MR) is 82.7 cm³/mol. The summed E-state index contributed by atoms with van der Waals surface area (Å²) >= 11 is 0. The van der Waals surface area contributed by atoms with Crippen molar-refractivity contribution >= 4 is 12.1 Å². The maximum atomic E-state index is 11.7. The quantitative estimate of drug-likeness (QED) is 0.820. The first-order valence-electron chi connectivity index (χ1n) is 7.41. The molecule has 0 aromatic heterocycles. The van der Waals surface area contributed by atoms with Gasteiger partial charge in [0.05, 0.1) is 0 Å². The van der Waals surface area contributed by atoms with Gasteiger partial charge in [-0.2, -0.15) is 0 Å². The lowest BCUT2D eigenvalue weighted by Crippen LogP contribution is -2.56. The molecule has 2 rings (SSSR count). The average molecular weight is 303 g/mol. The number of hydrogen-bond donors (Lipinski definition) is 2. The van der Waals surface area contributed by atoms with Crippen LogP contribution in [-0.4, -0.2) is 29.3 Å². The standard InChI is InChI=1S/C17H21NO4/c1-2-12-22-16(21)18-17(15(19)20)10-8-14(9-11-17)13-6-4-3-5-7-13/h2-7,14H,1,8-12H2,(H,18,21)(H,19,20). The SMILES string of the molecule is C=CCOC(=O)NC1(C(=O)O)CCC(c2ccccc2)CC1. The molecular formula is C17H21NO4. The van der Waals surface area contributed by atoms with Crippen molar-refractivity contribution in [1.29, 1.82) is 0 Å². The lowest BCUT2D eigenvalue weighted by atomic mass is 9.74. The number of aliphatic carboxylic acids is 1. The molecule has 0 heterocycles. The number of carbonyl (C=O) groups excluding carboxylic acids is 1. The minimum Gasteiger partial charge on any atom is -0.480 e. The van der Waals surface area contributed by atoms with Gasteiger partial charge in [0.15, 0.2) is 0 Å². The maximum absolute atomic E-state index is 11.7. The third-order valence-electron chi connectivity index (χ3n) is 4.19. The van der Waals surface area contributed by atoms with E-state index in [9.17, 15) is 14.7 Å². The Morgan fingerprint density at radius 2 is 1.95 bits per heavy atom. The predicted octanol–water partition coefficient (Wildman–Crippen LogP) is 3.08. The summed E-state index contributed by atoms with van der Waals surface area (Å²) < 4.78 is 4.85. The number of benzene rings is 1. The summed E-state index contributed by atoms with van der Waals surface area (Å²) in [5.74, 6) is -0.672. The Hall–Kier alpha value is -2.30. The highest BCUT2D eigenvalue weighted by atomic mass is 16.5. The first-order valence-corrected chi connectivity index (χ1v) is 7.41. The zero-order valence-electron chi connectivity index (χ0n) is 12.5. The Morgan fingerprint density at radius 3 is 2.50 bits per heavy atom. The van der Waals surface area contributed by atoms with Gasteiger partial charge in [0, 0.05) is 0 Å². The van der Waals surface area contributed by atoms with Gasteiger partial charge in [-0.1, -0.05) is 43.0 Å². The molecule has 0 radical (unpaired) electrons. The zero-order valence-corrected chi connectivity index (χ0v) is 12.5. The fraction of sp³-hybridized carbons (Fsp3) is 0.412. The maximum Gasteiger partial charge on any atom is 0.408 e. The van der Waals surface area contributed by atoms with Crippen LogP contribution in [0.5, 0.6) is 0 Å². The third-order valence-corrected chi connectivity index (χ3v) is 4.19. The molecule has 118 valence electrons. The number of rotatable bonds is 5. The van der Waals surface area contributed by atoms with E-state index in [2.05, 4.69) is 24.0 Å². The molecule has 2 N–H and O–H groups in total. The second-order valence-corrected chi connectivity index (χ2v) is 5.58. The highest BCUT2D eigenvalue weighted by molar-refractivity contribution is 5.84. The van der Waals surface area contributed by atoms with Crippen LogP contribution in [0.2, 0.25) is 0 Å². The molecule has 0 bridgehead atoms. The molecule has 1 aliphatic rings. The summed E-state index contributed by atoms with van der Waals surface area (Å²) in [5, 5.41) is 12.1. The smallest absolute Gasteiger partial charge is 0.408 e. The topological polar surface area (TPSA) is 75.6 Å². The van der Waals surface area contributed by atoms with Crippen molar-refractivity contribution in [3.05, 3.63) is 48.6 Å². The van der Waals surface area contributed by atoms with Crippen molar-refractivity contribution in [1.82, 2.24) is 5.32 Å². The Balaban J connectivity index is 2.01. The van der Waals surface area contributed by atoms with Crippen molar-refractivity contribution in [2.24, 2.45) is 0 Å². The van der Waals surface area contributed by atoms with Crippen LogP contribution in [0.1, 0.15) is 37.2 Å². The normalized spacial score (nSPS) is 24.3. The first kappa shape index (κ1) is 16.1. The van der Waals surface area contributed by atoms with E-state index in [1.807, 2.05) is 18.2 Å². The number of carboxylic acid groups (broad SMARTS) is 1. The number of amides is 1. The molecule has 0 aliphatic heterocycles. The Kier molecular flexibility index (Phi) is 5.20. The average Bonchev–Trinajstić information content (AvgIpc) is 2.54. The number of nitrogens with one attached hydrogen (secondary N) is 1. The van der Waals surface area contributed by atoms with Gasteiger partial charge in [-0.25, -0.2) is 9.59 Å². The van der Waals surface area contributed by atoms with Crippen LogP contribution in [0.4, 0.5) is 4.79 Å². The molecule has 1 aromatic carbocycles. The minimum atomic E-state index is -1.23. The number of carboxylic acids is 1. The number of ether oxygens (including phenoxy) is 1. The van der Waals surface area contributed by atoms with Gasteiger partial charge in [-0.05, 0) is 37.2 Å². The second kappa shape index (κ2) is 7.11. The van der Waals surface area contributed by atoms with Crippen LogP contribution in [0.25, 0.3) is 0 Å². The van der Waals surface area contributed by atoms with E-state index in [1.54, 1.807) is 0 Å². The molecule has 1 saturated carbocycles. The van der Waals surface area contributed by atoms with Gasteiger partial charge < -0.3 is 15.2 Å². The van der Waals surface area contributed by atoms with Crippen molar-refractivity contribution in [2.45, 2.75) is 37.1 Å². The number of alkyl carbamates (subject to hydrolysis) is 1. The van der Waals surface area contributed by atoms with Gasteiger partial charge in [-0.15, -0.1) is 0 Å².